The molecule has 27 heavy (non-hydrogen) atoms. The van der Waals surface area contributed by atoms with Gasteiger partial charge in [-0.3, -0.25) is 19.3 Å². The van der Waals surface area contributed by atoms with E-state index in [1.165, 1.54) is 0 Å². The fourth-order valence-corrected chi connectivity index (χ4v) is 3.09. The average Bonchev–Trinajstić information content (AvgIpc) is 3.32. The number of nitrogens with zero attached hydrogens (tertiary/aromatic N) is 4. The monoisotopic (exact) mass is 371 g/mol. The zero-order valence-corrected chi connectivity index (χ0v) is 16.5. The highest BCUT2D eigenvalue weighted by Crippen LogP contribution is 2.26. The van der Waals surface area contributed by atoms with Crippen LogP contribution in [-0.2, 0) is 10.3 Å². The van der Waals surface area contributed by atoms with Crippen LogP contribution in [0.5, 0.6) is 0 Å². The predicted molar refractivity (Wildman–Crippen MR) is 105 cm³/mol. The van der Waals surface area contributed by atoms with E-state index in [0.717, 1.165) is 18.4 Å². The quantitative estimate of drug-likeness (QED) is 0.675. The van der Waals surface area contributed by atoms with E-state index >= 15 is 0 Å². The van der Waals surface area contributed by atoms with Gasteiger partial charge in [-0.05, 0) is 26.7 Å². The highest BCUT2D eigenvalue weighted by Gasteiger charge is 2.39. The molecule has 1 atom stereocenters. The molecule has 8 nitrogen and oxygen atoms in total. The van der Waals surface area contributed by atoms with Crippen LogP contribution < -0.4 is 16.4 Å². The minimum Gasteiger partial charge on any atom is -0.383 e. The summed E-state index contributed by atoms with van der Waals surface area (Å²) in [5.41, 5.74) is 7.93. The molecule has 0 saturated heterocycles. The van der Waals surface area contributed by atoms with Gasteiger partial charge in [0.1, 0.15) is 11.5 Å². The first-order valence-corrected chi connectivity index (χ1v) is 9.33. The largest absolute Gasteiger partial charge is 0.383 e. The van der Waals surface area contributed by atoms with Crippen molar-refractivity contribution in [2.24, 2.45) is 5.73 Å². The summed E-state index contributed by atoms with van der Waals surface area (Å²) < 4.78 is 1.92. The van der Waals surface area contributed by atoms with Gasteiger partial charge in [-0.2, -0.15) is 5.10 Å². The molecular formula is C19H29N7O. The van der Waals surface area contributed by atoms with Gasteiger partial charge in [0, 0.05) is 36.4 Å². The topological polar surface area (TPSA) is 91.4 Å². The van der Waals surface area contributed by atoms with E-state index in [1.807, 2.05) is 28.9 Å². The molecule has 0 bridgehead atoms. The van der Waals surface area contributed by atoms with Gasteiger partial charge < -0.3 is 16.4 Å². The Hall–Kier alpha value is -2.90. The lowest BCUT2D eigenvalue weighted by molar-refractivity contribution is -0.135. The number of carbonyl (C=O) groups is 1. The van der Waals surface area contributed by atoms with Crippen molar-refractivity contribution in [1.82, 2.24) is 30.2 Å². The Kier molecular flexibility index (Phi) is 4.91. The first kappa shape index (κ1) is 18.9. The fourth-order valence-electron chi connectivity index (χ4n) is 3.09. The van der Waals surface area contributed by atoms with Gasteiger partial charge in [-0.15, -0.1) is 0 Å². The third-order valence-corrected chi connectivity index (χ3v) is 5.21. The number of carbonyl (C=O) groups excluding carboxylic acids is 1. The molecule has 0 aliphatic carbocycles. The Bertz CT molecular complexity index is 805. The summed E-state index contributed by atoms with van der Waals surface area (Å²) in [7, 11) is 0. The Morgan fingerprint density at radius 1 is 1.44 bits per heavy atom. The molecular weight excluding hydrogens is 342 g/mol. The second-order valence-electron chi connectivity index (χ2n) is 7.47. The lowest BCUT2D eigenvalue weighted by atomic mass is 10.0. The van der Waals surface area contributed by atoms with Gasteiger partial charge in [0.15, 0.2) is 6.29 Å². The Labute approximate surface area is 160 Å². The first-order chi connectivity index (χ1) is 12.8. The molecule has 4 N–H and O–H groups in total. The van der Waals surface area contributed by atoms with Gasteiger partial charge in [-0.1, -0.05) is 20.4 Å². The lowest BCUT2D eigenvalue weighted by Crippen LogP contribution is -2.59. The van der Waals surface area contributed by atoms with E-state index < -0.39 is 0 Å². The molecule has 0 saturated carbocycles. The van der Waals surface area contributed by atoms with Crippen molar-refractivity contribution in [3.8, 4) is 0 Å². The summed E-state index contributed by atoms with van der Waals surface area (Å²) in [6.07, 6.45) is 8.85. The van der Waals surface area contributed by atoms with Crippen molar-refractivity contribution in [2.75, 3.05) is 6.54 Å². The van der Waals surface area contributed by atoms with E-state index in [1.54, 1.807) is 17.3 Å². The summed E-state index contributed by atoms with van der Waals surface area (Å²) in [5.74, 6) is 0.232. The summed E-state index contributed by atoms with van der Waals surface area (Å²) in [6, 6.07) is 0. The standard InChI is InChI=1S/C19H29N7O/c1-6-9-25-17(27)15(16(20)24-10-8-21-18(24)25)23-13(3)14-11-22-26(12-14)19(4,5)7-2/h8,10-12,18,21,23H,3,6-7,9,20H2,1-2,4-5H3/t18-/m1/s1. The minimum absolute atomic E-state index is 0.0886. The van der Waals surface area contributed by atoms with Gasteiger partial charge in [0.25, 0.3) is 5.91 Å². The zero-order chi connectivity index (χ0) is 19.8. The smallest absolute Gasteiger partial charge is 0.277 e. The molecule has 1 amide bonds. The number of nitrogens with two attached hydrogens (primary N) is 1. The number of aromatic nitrogens is 2. The summed E-state index contributed by atoms with van der Waals surface area (Å²) in [4.78, 5) is 16.6. The third kappa shape index (κ3) is 3.27. The van der Waals surface area contributed by atoms with E-state index in [4.69, 9.17) is 5.73 Å². The van der Waals surface area contributed by atoms with E-state index in [9.17, 15) is 4.79 Å². The van der Waals surface area contributed by atoms with Crippen LogP contribution in [0.2, 0.25) is 0 Å². The number of nitrogens with one attached hydrogen (secondary N) is 2. The van der Waals surface area contributed by atoms with Gasteiger partial charge in [0.05, 0.1) is 11.7 Å². The second kappa shape index (κ2) is 7.02. The molecule has 8 heteroatoms. The number of hydrogen-bond acceptors (Lipinski definition) is 6. The summed E-state index contributed by atoms with van der Waals surface area (Å²) >= 11 is 0. The highest BCUT2D eigenvalue weighted by molar-refractivity contribution is 5.96. The molecule has 0 aromatic carbocycles. The van der Waals surface area contributed by atoms with Crippen molar-refractivity contribution in [3.63, 3.8) is 0 Å². The molecule has 0 radical (unpaired) electrons. The predicted octanol–water partition coefficient (Wildman–Crippen LogP) is 1.63. The SMILES string of the molecule is C=C(NC1=C(N)N2C=CN[C@H]2N(CCC)C1=O)c1cnn(C(C)(C)CC)c1. The Balaban J connectivity index is 1.85. The molecule has 0 unspecified atom stereocenters. The van der Waals surface area contributed by atoms with Crippen molar-refractivity contribution in [2.45, 2.75) is 52.4 Å². The van der Waals surface area contributed by atoms with Crippen molar-refractivity contribution in [1.29, 1.82) is 0 Å². The van der Waals surface area contributed by atoms with Crippen LogP contribution in [0.25, 0.3) is 5.70 Å². The van der Waals surface area contributed by atoms with Gasteiger partial charge >= 0.3 is 0 Å². The maximum absolute atomic E-state index is 13.0. The van der Waals surface area contributed by atoms with E-state index in [2.05, 4.69) is 43.1 Å². The summed E-state index contributed by atoms with van der Waals surface area (Å²) in [5, 5.41) is 10.7. The molecule has 2 aliphatic heterocycles. The molecule has 1 aromatic rings. The molecule has 3 rings (SSSR count). The lowest BCUT2D eigenvalue weighted by Gasteiger charge is -2.40. The summed E-state index contributed by atoms with van der Waals surface area (Å²) in [6.45, 7) is 13.1. The first-order valence-electron chi connectivity index (χ1n) is 9.33. The molecule has 2 aliphatic rings. The minimum atomic E-state index is -0.274. The Morgan fingerprint density at radius 3 is 2.85 bits per heavy atom. The normalized spacial score (nSPS) is 19.4. The molecule has 0 fully saturated rings. The third-order valence-electron chi connectivity index (χ3n) is 5.21. The van der Waals surface area contributed by atoms with Crippen LogP contribution in [0.4, 0.5) is 0 Å². The molecule has 0 spiro atoms. The highest BCUT2D eigenvalue weighted by atomic mass is 16.2. The Morgan fingerprint density at radius 2 is 2.19 bits per heavy atom. The molecule has 146 valence electrons. The van der Waals surface area contributed by atoms with Crippen LogP contribution in [-0.4, -0.2) is 38.3 Å². The van der Waals surface area contributed by atoms with E-state index in [-0.39, 0.29) is 17.7 Å². The van der Waals surface area contributed by atoms with Gasteiger partial charge in [-0.25, -0.2) is 0 Å². The van der Waals surface area contributed by atoms with Gasteiger partial charge in [0.2, 0.25) is 0 Å². The maximum atomic E-state index is 13.0. The maximum Gasteiger partial charge on any atom is 0.277 e. The van der Waals surface area contributed by atoms with Crippen LogP contribution in [0.3, 0.4) is 0 Å². The number of rotatable bonds is 7. The van der Waals surface area contributed by atoms with Crippen molar-refractivity contribution < 1.29 is 4.79 Å². The molecule has 1 aromatic heterocycles. The second-order valence-corrected chi connectivity index (χ2v) is 7.47. The van der Waals surface area contributed by atoms with Crippen molar-refractivity contribution >= 4 is 11.6 Å². The fraction of sp³-hybridized carbons (Fsp3) is 0.474. The zero-order valence-electron chi connectivity index (χ0n) is 16.5. The van der Waals surface area contributed by atoms with Crippen LogP contribution in [0, 0.1) is 0 Å². The van der Waals surface area contributed by atoms with Crippen LogP contribution in [0.15, 0.2) is 42.9 Å². The van der Waals surface area contributed by atoms with E-state index in [0.29, 0.717) is 23.8 Å². The number of amides is 1. The number of hydrogen-bond donors (Lipinski definition) is 3. The van der Waals surface area contributed by atoms with Crippen molar-refractivity contribution in [3.05, 3.63) is 48.5 Å². The molecule has 3 heterocycles. The number of fused-ring (bicyclic) bond motifs is 1. The average molecular weight is 371 g/mol. The van der Waals surface area contributed by atoms with Crippen LogP contribution in [0.1, 0.15) is 46.1 Å². The van der Waals surface area contributed by atoms with Crippen LogP contribution >= 0.6 is 0 Å².